The second-order valence-electron chi connectivity index (χ2n) is 5.77. The maximum atomic E-state index is 11.9. The molecule has 0 atom stereocenters. The molecule has 0 saturated carbocycles. The van der Waals surface area contributed by atoms with Gasteiger partial charge >= 0.3 is 0 Å². The number of rotatable bonds is 10. The van der Waals surface area contributed by atoms with Crippen LogP contribution in [-0.4, -0.2) is 33.3 Å². The predicted octanol–water partition coefficient (Wildman–Crippen LogP) is 2.24. The zero-order chi connectivity index (χ0) is 15.7. The minimum Gasteiger partial charge on any atom is -0.315 e. The first-order valence-corrected chi connectivity index (χ1v) is 9.30. The first kappa shape index (κ1) is 18.1. The Labute approximate surface area is 129 Å². The fourth-order valence-corrected chi connectivity index (χ4v) is 3.24. The van der Waals surface area contributed by atoms with Crippen LogP contribution in [0, 0.1) is 6.92 Å². The summed E-state index contributed by atoms with van der Waals surface area (Å²) in [5.74, 6) is 0.209. The highest BCUT2D eigenvalue weighted by Crippen LogP contribution is 2.04. The molecule has 0 bridgehead atoms. The molecule has 1 aromatic rings. The third-order valence-corrected chi connectivity index (χ3v) is 4.68. The van der Waals surface area contributed by atoms with Crippen molar-refractivity contribution in [3.8, 4) is 0 Å². The van der Waals surface area contributed by atoms with Gasteiger partial charge in [-0.2, -0.15) is 0 Å². The zero-order valence-corrected chi connectivity index (χ0v) is 14.2. The average Bonchev–Trinajstić information content (AvgIpc) is 2.37. The van der Waals surface area contributed by atoms with Crippen LogP contribution in [0.1, 0.15) is 37.8 Å². The number of aryl methyl sites for hydroxylation is 1. The lowest BCUT2D eigenvalue weighted by atomic mass is 10.1. The second-order valence-corrected chi connectivity index (χ2v) is 7.69. The highest BCUT2D eigenvalue weighted by atomic mass is 32.2. The van der Waals surface area contributed by atoms with Crippen LogP contribution in [-0.2, 0) is 16.4 Å². The van der Waals surface area contributed by atoms with Gasteiger partial charge in [0.2, 0.25) is 10.0 Å². The van der Waals surface area contributed by atoms with Crippen LogP contribution in [0.4, 0.5) is 0 Å². The van der Waals surface area contributed by atoms with E-state index in [1.807, 2.05) is 25.1 Å². The van der Waals surface area contributed by atoms with Gasteiger partial charge in [0.1, 0.15) is 0 Å². The van der Waals surface area contributed by atoms with Crippen LogP contribution in [0.2, 0.25) is 0 Å². The van der Waals surface area contributed by atoms with Gasteiger partial charge in [-0.05, 0) is 38.3 Å². The maximum absolute atomic E-state index is 11.9. The SMILES string of the molecule is Cc1cccc(CCNS(=O)(=O)CCCCNC(C)C)c1. The molecule has 0 aliphatic carbocycles. The van der Waals surface area contributed by atoms with E-state index < -0.39 is 10.0 Å². The van der Waals surface area contributed by atoms with Crippen LogP contribution >= 0.6 is 0 Å². The molecule has 0 unspecified atom stereocenters. The van der Waals surface area contributed by atoms with Crippen LogP contribution < -0.4 is 10.0 Å². The Bertz CT molecular complexity index is 513. The molecule has 0 aliphatic rings. The summed E-state index contributed by atoms with van der Waals surface area (Å²) in [4.78, 5) is 0. The van der Waals surface area contributed by atoms with E-state index in [-0.39, 0.29) is 5.75 Å². The summed E-state index contributed by atoms with van der Waals surface area (Å²) in [5.41, 5.74) is 2.37. The summed E-state index contributed by atoms with van der Waals surface area (Å²) in [7, 11) is -3.14. The summed E-state index contributed by atoms with van der Waals surface area (Å²) in [6.45, 7) is 7.55. The van der Waals surface area contributed by atoms with Crippen LogP contribution in [0.15, 0.2) is 24.3 Å². The molecule has 21 heavy (non-hydrogen) atoms. The Balaban J connectivity index is 2.20. The van der Waals surface area contributed by atoms with Crippen molar-refractivity contribution < 1.29 is 8.42 Å². The molecule has 120 valence electrons. The van der Waals surface area contributed by atoms with Gasteiger partial charge in [0, 0.05) is 12.6 Å². The van der Waals surface area contributed by atoms with Crippen molar-refractivity contribution in [3.63, 3.8) is 0 Å². The Hall–Kier alpha value is -0.910. The van der Waals surface area contributed by atoms with Crippen molar-refractivity contribution in [3.05, 3.63) is 35.4 Å². The molecule has 0 saturated heterocycles. The van der Waals surface area contributed by atoms with Crippen molar-refractivity contribution >= 4 is 10.0 Å². The standard InChI is InChI=1S/C16H28N2O2S/c1-14(2)17-10-4-5-12-21(19,20)18-11-9-16-8-6-7-15(3)13-16/h6-8,13-14,17-18H,4-5,9-12H2,1-3H3. The molecular weight excluding hydrogens is 284 g/mol. The van der Waals surface area contributed by atoms with E-state index in [0.717, 1.165) is 19.4 Å². The summed E-state index contributed by atoms with van der Waals surface area (Å²) in [6, 6.07) is 8.61. The monoisotopic (exact) mass is 312 g/mol. The molecule has 0 aromatic heterocycles. The van der Waals surface area contributed by atoms with E-state index in [0.29, 0.717) is 19.0 Å². The smallest absolute Gasteiger partial charge is 0.211 e. The molecule has 1 aromatic carbocycles. The Morgan fingerprint density at radius 1 is 1.14 bits per heavy atom. The minimum absolute atomic E-state index is 0.209. The number of benzene rings is 1. The molecule has 5 heteroatoms. The molecule has 0 heterocycles. The lowest BCUT2D eigenvalue weighted by molar-refractivity contribution is 0.555. The first-order valence-electron chi connectivity index (χ1n) is 7.65. The molecule has 0 amide bonds. The summed E-state index contributed by atoms with van der Waals surface area (Å²) in [5, 5.41) is 3.29. The molecule has 4 nitrogen and oxygen atoms in total. The number of hydrogen-bond acceptors (Lipinski definition) is 3. The fourth-order valence-electron chi connectivity index (χ4n) is 2.10. The van der Waals surface area contributed by atoms with E-state index >= 15 is 0 Å². The Kier molecular flexibility index (Phi) is 7.93. The topological polar surface area (TPSA) is 58.2 Å². The van der Waals surface area contributed by atoms with Crippen molar-refractivity contribution in [1.82, 2.24) is 10.0 Å². The molecule has 2 N–H and O–H groups in total. The van der Waals surface area contributed by atoms with Gasteiger partial charge in [0.05, 0.1) is 5.75 Å². The van der Waals surface area contributed by atoms with Crippen molar-refractivity contribution in [2.45, 2.75) is 46.1 Å². The number of hydrogen-bond donors (Lipinski definition) is 2. The predicted molar refractivity (Wildman–Crippen MR) is 89.0 cm³/mol. The van der Waals surface area contributed by atoms with E-state index in [4.69, 9.17) is 0 Å². The van der Waals surface area contributed by atoms with Gasteiger partial charge in [-0.15, -0.1) is 0 Å². The zero-order valence-electron chi connectivity index (χ0n) is 13.4. The van der Waals surface area contributed by atoms with E-state index in [1.165, 1.54) is 11.1 Å². The molecule has 0 spiro atoms. The van der Waals surface area contributed by atoms with Crippen LogP contribution in [0.3, 0.4) is 0 Å². The third kappa shape index (κ3) is 8.86. The van der Waals surface area contributed by atoms with E-state index in [1.54, 1.807) is 0 Å². The van der Waals surface area contributed by atoms with E-state index in [2.05, 4.69) is 30.0 Å². The minimum atomic E-state index is -3.14. The first-order chi connectivity index (χ1) is 9.89. The Morgan fingerprint density at radius 3 is 2.57 bits per heavy atom. The van der Waals surface area contributed by atoms with Gasteiger partial charge in [-0.1, -0.05) is 43.7 Å². The second kappa shape index (κ2) is 9.18. The molecular formula is C16H28N2O2S. The maximum Gasteiger partial charge on any atom is 0.211 e. The lowest BCUT2D eigenvalue weighted by Gasteiger charge is -2.09. The Morgan fingerprint density at radius 2 is 1.90 bits per heavy atom. The summed E-state index contributed by atoms with van der Waals surface area (Å²) in [6.07, 6.45) is 2.31. The number of unbranched alkanes of at least 4 members (excludes halogenated alkanes) is 1. The largest absolute Gasteiger partial charge is 0.315 e. The highest BCUT2D eigenvalue weighted by molar-refractivity contribution is 7.89. The van der Waals surface area contributed by atoms with E-state index in [9.17, 15) is 8.42 Å². The van der Waals surface area contributed by atoms with Gasteiger partial charge in [0.15, 0.2) is 0 Å². The molecule has 0 radical (unpaired) electrons. The molecule has 1 rings (SSSR count). The molecule has 0 fully saturated rings. The van der Waals surface area contributed by atoms with Crippen LogP contribution in [0.25, 0.3) is 0 Å². The van der Waals surface area contributed by atoms with Crippen LogP contribution in [0.5, 0.6) is 0 Å². The van der Waals surface area contributed by atoms with Crippen molar-refractivity contribution in [2.24, 2.45) is 0 Å². The summed E-state index contributed by atoms with van der Waals surface area (Å²) < 4.78 is 26.4. The molecule has 0 aliphatic heterocycles. The number of nitrogens with one attached hydrogen (secondary N) is 2. The number of sulfonamides is 1. The van der Waals surface area contributed by atoms with Gasteiger partial charge in [0.25, 0.3) is 0 Å². The quantitative estimate of drug-likeness (QED) is 0.651. The fraction of sp³-hybridized carbons (Fsp3) is 0.625. The normalized spacial score (nSPS) is 12.0. The lowest BCUT2D eigenvalue weighted by Crippen LogP contribution is -2.29. The average molecular weight is 312 g/mol. The van der Waals surface area contributed by atoms with Gasteiger partial charge in [-0.25, -0.2) is 13.1 Å². The van der Waals surface area contributed by atoms with Crippen molar-refractivity contribution in [2.75, 3.05) is 18.8 Å². The summed E-state index contributed by atoms with van der Waals surface area (Å²) >= 11 is 0. The van der Waals surface area contributed by atoms with Crippen molar-refractivity contribution in [1.29, 1.82) is 0 Å². The highest BCUT2D eigenvalue weighted by Gasteiger charge is 2.09. The van der Waals surface area contributed by atoms with Gasteiger partial charge < -0.3 is 5.32 Å². The third-order valence-electron chi connectivity index (χ3n) is 3.21. The van der Waals surface area contributed by atoms with Gasteiger partial charge in [-0.3, -0.25) is 0 Å².